The Hall–Kier alpha value is -1.99. The van der Waals surface area contributed by atoms with Crippen LogP contribution in [0, 0.1) is 0 Å². The zero-order valence-corrected chi connectivity index (χ0v) is 17.9. The maximum Gasteiger partial charge on any atom is 0.349 e. The van der Waals surface area contributed by atoms with E-state index in [0.717, 1.165) is 31.3 Å². The highest BCUT2D eigenvalue weighted by atomic mass is 32.2. The fourth-order valence-electron chi connectivity index (χ4n) is 4.13. The van der Waals surface area contributed by atoms with Gasteiger partial charge in [-0.1, -0.05) is 0 Å². The highest BCUT2D eigenvalue weighted by Crippen LogP contribution is 2.24. The highest BCUT2D eigenvalue weighted by molar-refractivity contribution is 7.99. The van der Waals surface area contributed by atoms with Crippen molar-refractivity contribution in [1.82, 2.24) is 9.80 Å². The van der Waals surface area contributed by atoms with Crippen LogP contribution in [0.4, 0.5) is 0 Å². The van der Waals surface area contributed by atoms with Crippen LogP contribution in [0.1, 0.15) is 37.0 Å². The van der Waals surface area contributed by atoms with Crippen LogP contribution in [-0.2, 0) is 0 Å². The summed E-state index contributed by atoms with van der Waals surface area (Å²) in [5.41, 5.74) is -0.0337. The van der Waals surface area contributed by atoms with Crippen LogP contribution in [-0.4, -0.2) is 65.5 Å². The molecule has 2 aliphatic rings. The number of piperidine rings is 1. The van der Waals surface area contributed by atoms with Gasteiger partial charge in [-0.05, 0) is 44.9 Å². The van der Waals surface area contributed by atoms with Crippen LogP contribution < -0.4 is 10.4 Å². The lowest BCUT2D eigenvalue weighted by Gasteiger charge is -2.40. The lowest BCUT2D eigenvalue weighted by Crippen LogP contribution is -2.49. The summed E-state index contributed by atoms with van der Waals surface area (Å²) in [6, 6.07) is 7.56. The van der Waals surface area contributed by atoms with Crippen molar-refractivity contribution in [2.45, 2.75) is 38.8 Å². The molecule has 0 atom stereocenters. The third kappa shape index (κ3) is 4.61. The average Bonchev–Trinajstić information content (AvgIpc) is 2.73. The van der Waals surface area contributed by atoms with Crippen molar-refractivity contribution in [3.8, 4) is 5.75 Å². The average molecular weight is 417 g/mol. The molecular formula is C22H28N2O4S. The fraction of sp³-hybridized carbons (Fsp3) is 0.545. The number of hydrogen-bond donors (Lipinski definition) is 0. The third-order valence-electron chi connectivity index (χ3n) is 5.62. The molecule has 1 aromatic carbocycles. The second-order valence-corrected chi connectivity index (χ2v) is 9.21. The Morgan fingerprint density at radius 2 is 1.86 bits per heavy atom. The Morgan fingerprint density at radius 3 is 2.55 bits per heavy atom. The van der Waals surface area contributed by atoms with E-state index in [1.54, 1.807) is 17.0 Å². The van der Waals surface area contributed by atoms with Gasteiger partial charge in [0.1, 0.15) is 16.9 Å². The zero-order valence-electron chi connectivity index (χ0n) is 17.1. The molecule has 0 spiro atoms. The maximum absolute atomic E-state index is 13.0. The van der Waals surface area contributed by atoms with Crippen molar-refractivity contribution in [1.29, 1.82) is 0 Å². The molecule has 1 aromatic heterocycles. The summed E-state index contributed by atoms with van der Waals surface area (Å²) in [4.78, 5) is 29.8. The minimum atomic E-state index is -0.584. The lowest BCUT2D eigenvalue weighted by atomic mass is 10.0. The molecule has 0 N–H and O–H groups in total. The topological polar surface area (TPSA) is 63.0 Å². The molecule has 2 aliphatic heterocycles. The van der Waals surface area contributed by atoms with Gasteiger partial charge < -0.3 is 14.1 Å². The standard InChI is InChI=1S/C22H28N2O4S/c1-15(2)27-18-4-3-16-13-19(22(26)28-20(16)14-18)21(25)24-7-5-17(6-8-24)23-9-11-29-12-10-23/h3-4,13-15,17H,5-12H2,1-2H3. The number of fused-ring (bicyclic) bond motifs is 1. The van der Waals surface area contributed by atoms with E-state index in [1.807, 2.05) is 37.7 Å². The van der Waals surface area contributed by atoms with E-state index in [2.05, 4.69) is 4.90 Å². The van der Waals surface area contributed by atoms with Gasteiger partial charge in [-0.25, -0.2) is 4.79 Å². The molecule has 4 rings (SSSR count). The molecule has 1 amide bonds. The van der Waals surface area contributed by atoms with Gasteiger partial charge in [0.2, 0.25) is 0 Å². The molecule has 6 nitrogen and oxygen atoms in total. The monoisotopic (exact) mass is 416 g/mol. The van der Waals surface area contributed by atoms with Gasteiger partial charge in [0.25, 0.3) is 5.91 Å². The predicted octanol–water partition coefficient (Wildman–Crippen LogP) is 3.23. The number of hydrogen-bond acceptors (Lipinski definition) is 6. The van der Waals surface area contributed by atoms with E-state index in [9.17, 15) is 9.59 Å². The number of nitrogens with zero attached hydrogens (tertiary/aromatic N) is 2. The highest BCUT2D eigenvalue weighted by Gasteiger charge is 2.29. The first-order chi connectivity index (χ1) is 14.0. The molecule has 2 saturated heterocycles. The van der Waals surface area contributed by atoms with E-state index in [0.29, 0.717) is 30.5 Å². The first-order valence-electron chi connectivity index (χ1n) is 10.4. The van der Waals surface area contributed by atoms with Crippen LogP contribution >= 0.6 is 11.8 Å². The molecule has 7 heteroatoms. The second-order valence-electron chi connectivity index (χ2n) is 7.99. The largest absolute Gasteiger partial charge is 0.491 e. The Morgan fingerprint density at radius 1 is 1.14 bits per heavy atom. The van der Waals surface area contributed by atoms with Crippen LogP contribution in [0.5, 0.6) is 5.75 Å². The van der Waals surface area contributed by atoms with E-state index in [1.165, 1.54) is 11.5 Å². The molecule has 0 unspecified atom stereocenters. The first-order valence-corrected chi connectivity index (χ1v) is 11.5. The van der Waals surface area contributed by atoms with E-state index in [4.69, 9.17) is 9.15 Å². The normalized spacial score (nSPS) is 19.1. The van der Waals surface area contributed by atoms with Gasteiger partial charge in [-0.3, -0.25) is 9.69 Å². The van der Waals surface area contributed by atoms with Crippen LogP contribution in [0.25, 0.3) is 11.0 Å². The molecular weight excluding hydrogens is 388 g/mol. The summed E-state index contributed by atoms with van der Waals surface area (Å²) in [7, 11) is 0. The Balaban J connectivity index is 1.47. The molecule has 3 heterocycles. The van der Waals surface area contributed by atoms with Gasteiger partial charge in [0.05, 0.1) is 6.10 Å². The van der Waals surface area contributed by atoms with E-state index in [-0.39, 0.29) is 17.6 Å². The summed E-state index contributed by atoms with van der Waals surface area (Å²) in [5, 5.41) is 0.727. The summed E-state index contributed by atoms with van der Waals surface area (Å²) in [6.07, 6.45) is 1.96. The van der Waals surface area contributed by atoms with E-state index < -0.39 is 5.63 Å². The van der Waals surface area contributed by atoms with Gasteiger partial charge in [0.15, 0.2) is 0 Å². The summed E-state index contributed by atoms with van der Waals surface area (Å²) < 4.78 is 11.1. The number of carbonyl (C=O) groups excluding carboxylic acids is 1. The summed E-state index contributed by atoms with van der Waals surface area (Å²) in [5.74, 6) is 2.81. The minimum Gasteiger partial charge on any atom is -0.491 e. The van der Waals surface area contributed by atoms with Crippen molar-refractivity contribution in [2.75, 3.05) is 37.7 Å². The van der Waals surface area contributed by atoms with Gasteiger partial charge in [-0.15, -0.1) is 0 Å². The summed E-state index contributed by atoms with van der Waals surface area (Å²) in [6.45, 7) is 7.53. The number of likely N-dealkylation sites (tertiary alicyclic amines) is 1. The molecule has 2 fully saturated rings. The van der Waals surface area contributed by atoms with Crippen molar-refractivity contribution in [3.63, 3.8) is 0 Å². The quantitative estimate of drug-likeness (QED) is 0.713. The van der Waals surface area contributed by atoms with Gasteiger partial charge >= 0.3 is 5.63 Å². The van der Waals surface area contributed by atoms with Crippen LogP contribution in [0.15, 0.2) is 33.5 Å². The Labute approximate surface area is 175 Å². The number of amides is 1. The number of rotatable bonds is 4. The number of benzene rings is 1. The predicted molar refractivity (Wildman–Crippen MR) is 116 cm³/mol. The molecule has 0 saturated carbocycles. The molecule has 0 bridgehead atoms. The van der Waals surface area contributed by atoms with Gasteiger partial charge in [-0.2, -0.15) is 11.8 Å². The Bertz CT molecular complexity index is 928. The SMILES string of the molecule is CC(C)Oc1ccc2cc(C(=O)N3CCC(N4CCSCC4)CC3)c(=O)oc2c1. The Kier molecular flexibility index (Phi) is 6.15. The van der Waals surface area contributed by atoms with Crippen molar-refractivity contribution >= 4 is 28.6 Å². The second kappa shape index (κ2) is 8.79. The lowest BCUT2D eigenvalue weighted by molar-refractivity contribution is 0.0627. The minimum absolute atomic E-state index is 0.0339. The number of carbonyl (C=O) groups is 1. The molecule has 0 aliphatic carbocycles. The van der Waals surface area contributed by atoms with Crippen molar-refractivity contribution in [3.05, 3.63) is 40.2 Å². The molecule has 0 radical (unpaired) electrons. The number of ether oxygens (including phenoxy) is 1. The van der Waals surface area contributed by atoms with Gasteiger partial charge in [0, 0.05) is 55.2 Å². The first kappa shape index (κ1) is 20.3. The van der Waals surface area contributed by atoms with E-state index >= 15 is 0 Å². The van der Waals surface area contributed by atoms with Crippen LogP contribution in [0.2, 0.25) is 0 Å². The third-order valence-corrected chi connectivity index (χ3v) is 6.57. The fourth-order valence-corrected chi connectivity index (χ4v) is 5.06. The molecule has 2 aromatic rings. The molecule has 29 heavy (non-hydrogen) atoms. The maximum atomic E-state index is 13.0. The zero-order chi connectivity index (χ0) is 20.4. The molecule has 156 valence electrons. The van der Waals surface area contributed by atoms with Crippen molar-refractivity contribution < 1.29 is 13.9 Å². The smallest absolute Gasteiger partial charge is 0.349 e. The van der Waals surface area contributed by atoms with Crippen LogP contribution in [0.3, 0.4) is 0 Å². The number of thioether (sulfide) groups is 1. The van der Waals surface area contributed by atoms with Crippen molar-refractivity contribution in [2.24, 2.45) is 0 Å². The summed E-state index contributed by atoms with van der Waals surface area (Å²) >= 11 is 2.01.